The molecule has 122 valence electrons. The number of benzene rings is 1. The highest BCUT2D eigenvalue weighted by molar-refractivity contribution is 6.05. The van der Waals surface area contributed by atoms with Gasteiger partial charge in [0, 0.05) is 24.3 Å². The number of nitrogens with one attached hydrogen (secondary N) is 3. The predicted octanol–water partition coefficient (Wildman–Crippen LogP) is 2.65. The first-order valence-electron chi connectivity index (χ1n) is 7.95. The minimum atomic E-state index is -0.242. The average Bonchev–Trinajstić information content (AvgIpc) is 3.20. The van der Waals surface area contributed by atoms with Crippen LogP contribution in [0.15, 0.2) is 36.5 Å². The lowest BCUT2D eigenvalue weighted by Crippen LogP contribution is -2.20. The topological polar surface area (TPSA) is 87.6 Å². The summed E-state index contributed by atoms with van der Waals surface area (Å²) in [5, 5.41) is 10.5. The summed E-state index contributed by atoms with van der Waals surface area (Å²) in [6.07, 6.45) is 2.70. The molecule has 2 aromatic heterocycles. The van der Waals surface area contributed by atoms with E-state index in [1.165, 1.54) is 0 Å². The number of fused-ring (bicyclic) bond motifs is 1. The Hall–Kier alpha value is -3.09. The van der Waals surface area contributed by atoms with Crippen molar-refractivity contribution < 1.29 is 4.79 Å². The molecule has 0 fully saturated rings. The van der Waals surface area contributed by atoms with Crippen LogP contribution in [-0.4, -0.2) is 32.2 Å². The third-order valence-electron chi connectivity index (χ3n) is 4.07. The number of hydrogen-bond donors (Lipinski definition) is 3. The molecule has 3 heterocycles. The van der Waals surface area contributed by atoms with Crippen molar-refractivity contribution in [3.05, 3.63) is 47.9 Å². The molecule has 4 rings (SSSR count). The van der Waals surface area contributed by atoms with E-state index in [-0.39, 0.29) is 5.91 Å². The van der Waals surface area contributed by atoms with Crippen molar-refractivity contribution in [3.63, 3.8) is 0 Å². The fraction of sp³-hybridized carbons (Fsp3) is 0.235. The Kier molecular flexibility index (Phi) is 3.53. The van der Waals surface area contributed by atoms with Crippen LogP contribution in [0.5, 0.6) is 0 Å². The highest BCUT2D eigenvalue weighted by Gasteiger charge is 2.20. The van der Waals surface area contributed by atoms with Crippen molar-refractivity contribution in [3.8, 4) is 11.4 Å². The van der Waals surface area contributed by atoms with Crippen LogP contribution in [0, 0.1) is 6.92 Å². The maximum absolute atomic E-state index is 12.6. The number of aromatic amines is 1. The second kappa shape index (κ2) is 5.84. The first-order chi connectivity index (χ1) is 11.7. The van der Waals surface area contributed by atoms with Crippen LogP contribution in [0.4, 0.5) is 11.5 Å². The van der Waals surface area contributed by atoms with Crippen LogP contribution < -0.4 is 10.6 Å². The molecule has 0 radical (unpaired) electrons. The van der Waals surface area contributed by atoms with Gasteiger partial charge in [-0.1, -0.05) is 30.3 Å². The molecule has 0 spiro atoms. The van der Waals surface area contributed by atoms with Gasteiger partial charge < -0.3 is 15.6 Å². The van der Waals surface area contributed by atoms with E-state index in [9.17, 15) is 4.79 Å². The smallest absolute Gasteiger partial charge is 0.276 e. The zero-order valence-corrected chi connectivity index (χ0v) is 13.3. The number of aromatic nitrogens is 4. The molecule has 1 aromatic carbocycles. The first kappa shape index (κ1) is 14.5. The van der Waals surface area contributed by atoms with E-state index >= 15 is 0 Å². The third-order valence-corrected chi connectivity index (χ3v) is 4.07. The summed E-state index contributed by atoms with van der Waals surface area (Å²) < 4.78 is 1.87. The highest BCUT2D eigenvalue weighted by atomic mass is 16.1. The summed E-state index contributed by atoms with van der Waals surface area (Å²) in [6.45, 7) is 3.59. The number of amides is 1. The number of anilines is 2. The van der Waals surface area contributed by atoms with Gasteiger partial charge in [0.1, 0.15) is 23.0 Å². The standard InChI is InChI=1S/C17H18N6O/c1-11-14(22-15(20-11)12-6-3-2-4-7-12)17(24)21-13-10-19-23-9-5-8-18-16(13)23/h2-4,6-7,10,18H,5,8-9H2,1H3,(H,20,22)(H,21,24). The molecular formula is C17H18N6O. The van der Waals surface area contributed by atoms with Gasteiger partial charge in [-0.2, -0.15) is 5.10 Å². The predicted molar refractivity (Wildman–Crippen MR) is 92.0 cm³/mol. The maximum atomic E-state index is 12.6. The Morgan fingerprint density at radius 3 is 2.96 bits per heavy atom. The number of carbonyl (C=O) groups excluding carboxylic acids is 1. The van der Waals surface area contributed by atoms with Gasteiger partial charge in [0.05, 0.1) is 6.20 Å². The van der Waals surface area contributed by atoms with E-state index < -0.39 is 0 Å². The van der Waals surface area contributed by atoms with E-state index in [1.807, 2.05) is 41.9 Å². The highest BCUT2D eigenvalue weighted by Crippen LogP contribution is 2.25. The van der Waals surface area contributed by atoms with Crippen LogP contribution >= 0.6 is 0 Å². The lowest BCUT2D eigenvalue weighted by Gasteiger charge is -2.16. The van der Waals surface area contributed by atoms with E-state index in [0.717, 1.165) is 36.6 Å². The van der Waals surface area contributed by atoms with Crippen molar-refractivity contribution in [1.82, 2.24) is 19.7 Å². The minimum Gasteiger partial charge on any atom is -0.368 e. The summed E-state index contributed by atoms with van der Waals surface area (Å²) >= 11 is 0. The zero-order valence-electron chi connectivity index (χ0n) is 13.3. The van der Waals surface area contributed by atoms with Crippen molar-refractivity contribution in [2.45, 2.75) is 19.9 Å². The Morgan fingerprint density at radius 2 is 2.12 bits per heavy atom. The van der Waals surface area contributed by atoms with Gasteiger partial charge in [-0.15, -0.1) is 0 Å². The summed E-state index contributed by atoms with van der Waals surface area (Å²) in [5.74, 6) is 1.30. The second-order valence-electron chi connectivity index (χ2n) is 5.79. The van der Waals surface area contributed by atoms with Crippen LogP contribution in [0.1, 0.15) is 22.6 Å². The first-order valence-corrected chi connectivity index (χ1v) is 7.95. The molecule has 3 N–H and O–H groups in total. The Labute approximate surface area is 139 Å². The molecule has 1 aliphatic heterocycles. The summed E-state index contributed by atoms with van der Waals surface area (Å²) in [4.78, 5) is 20.2. The third kappa shape index (κ3) is 2.54. The fourth-order valence-corrected chi connectivity index (χ4v) is 2.86. The number of hydrogen-bond acceptors (Lipinski definition) is 4. The van der Waals surface area contributed by atoms with E-state index in [2.05, 4.69) is 25.7 Å². The molecule has 3 aromatic rings. The van der Waals surface area contributed by atoms with Gasteiger partial charge in [-0.3, -0.25) is 4.79 Å². The van der Waals surface area contributed by atoms with Gasteiger partial charge >= 0.3 is 0 Å². The largest absolute Gasteiger partial charge is 0.368 e. The van der Waals surface area contributed by atoms with Crippen molar-refractivity contribution in [2.75, 3.05) is 17.2 Å². The molecule has 0 atom stereocenters. The molecule has 1 aliphatic rings. The Morgan fingerprint density at radius 1 is 1.29 bits per heavy atom. The molecule has 24 heavy (non-hydrogen) atoms. The van der Waals surface area contributed by atoms with Gasteiger partial charge in [0.2, 0.25) is 0 Å². The van der Waals surface area contributed by atoms with Crippen LogP contribution in [-0.2, 0) is 6.54 Å². The zero-order chi connectivity index (χ0) is 16.5. The fourth-order valence-electron chi connectivity index (χ4n) is 2.86. The summed E-state index contributed by atoms with van der Waals surface area (Å²) in [6, 6.07) is 9.74. The van der Waals surface area contributed by atoms with E-state index in [0.29, 0.717) is 17.2 Å². The molecular weight excluding hydrogens is 304 g/mol. The Balaban J connectivity index is 1.59. The minimum absolute atomic E-state index is 0.242. The van der Waals surface area contributed by atoms with Crippen molar-refractivity contribution in [2.24, 2.45) is 0 Å². The van der Waals surface area contributed by atoms with E-state index in [1.54, 1.807) is 6.20 Å². The molecule has 0 bridgehead atoms. The monoisotopic (exact) mass is 322 g/mol. The van der Waals surface area contributed by atoms with E-state index in [4.69, 9.17) is 0 Å². The molecule has 0 saturated heterocycles. The van der Waals surface area contributed by atoms with Gasteiger partial charge in [-0.25, -0.2) is 9.67 Å². The average molecular weight is 322 g/mol. The van der Waals surface area contributed by atoms with Crippen LogP contribution in [0.3, 0.4) is 0 Å². The summed E-state index contributed by atoms with van der Waals surface area (Å²) in [7, 11) is 0. The maximum Gasteiger partial charge on any atom is 0.276 e. The molecule has 0 saturated carbocycles. The van der Waals surface area contributed by atoms with Gasteiger partial charge in [-0.05, 0) is 13.3 Å². The number of carbonyl (C=O) groups is 1. The van der Waals surface area contributed by atoms with Crippen LogP contribution in [0.2, 0.25) is 0 Å². The number of aryl methyl sites for hydroxylation is 2. The Bertz CT molecular complexity index is 880. The molecule has 7 heteroatoms. The number of imidazole rings is 1. The molecule has 1 amide bonds. The van der Waals surface area contributed by atoms with Gasteiger partial charge in [0.25, 0.3) is 5.91 Å². The normalized spacial score (nSPS) is 13.2. The van der Waals surface area contributed by atoms with Crippen molar-refractivity contribution in [1.29, 1.82) is 0 Å². The van der Waals surface area contributed by atoms with Crippen LogP contribution in [0.25, 0.3) is 11.4 Å². The molecule has 0 aliphatic carbocycles. The number of nitrogens with zero attached hydrogens (tertiary/aromatic N) is 3. The van der Waals surface area contributed by atoms with Crippen molar-refractivity contribution >= 4 is 17.4 Å². The quantitative estimate of drug-likeness (QED) is 0.692. The number of rotatable bonds is 3. The number of H-pyrrole nitrogens is 1. The SMILES string of the molecule is Cc1[nH]c(-c2ccccc2)nc1C(=O)Nc1cnn2c1NCCC2. The second-order valence-corrected chi connectivity index (χ2v) is 5.79. The lowest BCUT2D eigenvalue weighted by atomic mass is 10.2. The molecule has 7 nitrogen and oxygen atoms in total. The molecule has 0 unspecified atom stereocenters. The summed E-state index contributed by atoms with van der Waals surface area (Å²) in [5.41, 5.74) is 2.76. The van der Waals surface area contributed by atoms with Gasteiger partial charge in [0.15, 0.2) is 0 Å². The lowest BCUT2D eigenvalue weighted by molar-refractivity contribution is 0.102.